The topological polar surface area (TPSA) is 3.01 Å². The van der Waals surface area contributed by atoms with Crippen molar-refractivity contribution in [2.24, 2.45) is 0 Å². The number of rotatable bonds is 3. The molecule has 0 amide bonds. The molecule has 0 unspecified atom stereocenters. The normalized spacial score (nSPS) is 11.2. The fourth-order valence-corrected chi connectivity index (χ4v) is 2.16. The lowest BCUT2D eigenvalue weighted by atomic mass is 10.2. The van der Waals surface area contributed by atoms with Crippen LogP contribution in [0.1, 0.15) is 19.4 Å². The lowest BCUT2D eigenvalue weighted by molar-refractivity contribution is 0.368. The van der Waals surface area contributed by atoms with Gasteiger partial charge in [0.2, 0.25) is 5.36 Å². The quantitative estimate of drug-likeness (QED) is 0.460. The van der Waals surface area contributed by atoms with Crippen molar-refractivity contribution in [1.29, 1.82) is 0 Å². The summed E-state index contributed by atoms with van der Waals surface area (Å²) in [6, 6.07) is 10.7. The molecule has 0 N–H and O–H groups in total. The van der Waals surface area contributed by atoms with Crippen LogP contribution in [0.25, 0.3) is 11.1 Å². The Morgan fingerprint density at radius 2 is 1.40 bits per heavy atom. The van der Waals surface area contributed by atoms with E-state index < -0.39 is 7.25 Å². The molecule has 2 rings (SSSR count). The third kappa shape index (κ3) is 4.83. The molecule has 0 aromatic heterocycles. The summed E-state index contributed by atoms with van der Waals surface area (Å²) in [5.41, 5.74) is 4.28. The molecule has 0 aliphatic heterocycles. The van der Waals surface area contributed by atoms with E-state index in [0.717, 1.165) is 13.1 Å². The highest BCUT2D eigenvalue weighted by Crippen LogP contribution is 2.23. The van der Waals surface area contributed by atoms with Gasteiger partial charge in [-0.3, -0.25) is 0 Å². The van der Waals surface area contributed by atoms with Gasteiger partial charge in [-0.05, 0) is 26.3 Å². The molecule has 0 bridgehead atoms. The molecule has 0 aliphatic carbocycles. The van der Waals surface area contributed by atoms with Crippen molar-refractivity contribution in [1.82, 2.24) is 4.58 Å². The van der Waals surface area contributed by atoms with Gasteiger partial charge in [0.1, 0.15) is 13.1 Å². The Balaban J connectivity index is 0.000000347. The summed E-state index contributed by atoms with van der Waals surface area (Å²) in [4.78, 5) is 0. The first-order chi connectivity index (χ1) is 9.29. The maximum atomic E-state index is 9.75. The third-order valence-electron chi connectivity index (χ3n) is 3.05. The van der Waals surface area contributed by atoms with Crippen LogP contribution in [0.3, 0.4) is 0 Å². The second-order valence-electron chi connectivity index (χ2n) is 4.38. The lowest BCUT2D eigenvalue weighted by Crippen LogP contribution is -2.24. The highest BCUT2D eigenvalue weighted by atomic mass is 19.5. The standard InChI is InChI=1S/C14H18N.BF4/c1-4-15(5-2)14-11(3)13(14)12-9-7-6-8-10-12;2-1(3,4)5/h6-10H,4-5H2,1-3H3;/q+1;-1. The summed E-state index contributed by atoms with van der Waals surface area (Å²) in [5, 5.41) is 1.46. The number of hydrogen-bond acceptors (Lipinski definition) is 0. The minimum atomic E-state index is -6.00. The fourth-order valence-electron chi connectivity index (χ4n) is 2.16. The molecule has 1 nitrogen and oxygen atoms in total. The average Bonchev–Trinajstić information content (AvgIpc) is 3.02. The summed E-state index contributed by atoms with van der Waals surface area (Å²) in [5.74, 6) is 0. The van der Waals surface area contributed by atoms with Crippen LogP contribution in [0.5, 0.6) is 0 Å². The van der Waals surface area contributed by atoms with Crippen molar-refractivity contribution in [2.45, 2.75) is 20.8 Å². The zero-order valence-corrected chi connectivity index (χ0v) is 11.8. The monoisotopic (exact) mass is 287 g/mol. The summed E-state index contributed by atoms with van der Waals surface area (Å²) in [6.45, 7) is 8.84. The van der Waals surface area contributed by atoms with Gasteiger partial charge in [0.05, 0.1) is 5.56 Å². The Hall–Kier alpha value is -1.59. The molecule has 0 aliphatic rings. The second-order valence-corrected chi connectivity index (χ2v) is 4.38. The van der Waals surface area contributed by atoms with Crippen LogP contribution in [0.4, 0.5) is 17.3 Å². The van der Waals surface area contributed by atoms with E-state index in [1.54, 1.807) is 0 Å². The molecule has 0 saturated heterocycles. The first-order valence-corrected chi connectivity index (χ1v) is 6.55. The van der Waals surface area contributed by atoms with E-state index in [1.807, 2.05) is 0 Å². The average molecular weight is 287 g/mol. The minimum Gasteiger partial charge on any atom is -0.418 e. The van der Waals surface area contributed by atoms with E-state index in [1.165, 1.54) is 22.0 Å². The molecule has 110 valence electrons. The van der Waals surface area contributed by atoms with Crippen molar-refractivity contribution < 1.29 is 17.3 Å². The molecule has 0 saturated carbocycles. The van der Waals surface area contributed by atoms with Crippen molar-refractivity contribution in [3.8, 4) is 11.1 Å². The maximum Gasteiger partial charge on any atom is 0.673 e. The van der Waals surface area contributed by atoms with Crippen LogP contribution in [0, 0.1) is 6.92 Å². The van der Waals surface area contributed by atoms with E-state index in [9.17, 15) is 17.3 Å². The van der Waals surface area contributed by atoms with Crippen LogP contribution in [0.15, 0.2) is 30.3 Å². The predicted octanol–water partition coefficient (Wildman–Crippen LogP) is 3.65. The largest absolute Gasteiger partial charge is 0.673 e. The zero-order chi connectivity index (χ0) is 15.3. The Labute approximate surface area is 116 Å². The van der Waals surface area contributed by atoms with Crippen molar-refractivity contribution in [3.05, 3.63) is 41.3 Å². The summed E-state index contributed by atoms with van der Waals surface area (Å²) in [6.07, 6.45) is 0. The molecule has 0 fully saturated rings. The Bertz CT molecular complexity index is 553. The van der Waals surface area contributed by atoms with Gasteiger partial charge in [0.15, 0.2) is 0 Å². The summed E-state index contributed by atoms with van der Waals surface area (Å²) < 4.78 is 41.4. The molecular formula is C14H18BF4N. The van der Waals surface area contributed by atoms with Crippen molar-refractivity contribution in [2.75, 3.05) is 13.1 Å². The van der Waals surface area contributed by atoms with Gasteiger partial charge in [-0.1, -0.05) is 30.3 Å². The molecule has 0 heterocycles. The molecule has 2 aromatic rings. The van der Waals surface area contributed by atoms with Crippen LogP contribution >= 0.6 is 0 Å². The van der Waals surface area contributed by atoms with E-state index in [4.69, 9.17) is 0 Å². The second kappa shape index (κ2) is 6.73. The van der Waals surface area contributed by atoms with Gasteiger partial charge in [-0.25, -0.2) is 4.58 Å². The fraction of sp³-hybridized carbons (Fsp3) is 0.357. The maximum absolute atomic E-state index is 9.75. The zero-order valence-electron chi connectivity index (χ0n) is 11.8. The number of hydrogen-bond donors (Lipinski definition) is 0. The Kier molecular flexibility index (Phi) is 5.54. The van der Waals surface area contributed by atoms with E-state index in [2.05, 4.69) is 55.7 Å². The third-order valence-corrected chi connectivity index (χ3v) is 3.05. The van der Waals surface area contributed by atoms with E-state index in [0.29, 0.717) is 0 Å². The Morgan fingerprint density at radius 3 is 1.80 bits per heavy atom. The highest BCUT2D eigenvalue weighted by molar-refractivity contribution is 6.50. The van der Waals surface area contributed by atoms with Gasteiger partial charge >= 0.3 is 7.25 Å². The smallest absolute Gasteiger partial charge is 0.418 e. The molecule has 0 atom stereocenters. The van der Waals surface area contributed by atoms with E-state index in [-0.39, 0.29) is 0 Å². The van der Waals surface area contributed by atoms with Crippen molar-refractivity contribution >= 4 is 7.25 Å². The van der Waals surface area contributed by atoms with Crippen LogP contribution < -0.4 is 9.93 Å². The van der Waals surface area contributed by atoms with Gasteiger partial charge in [-0.2, -0.15) is 0 Å². The lowest BCUT2D eigenvalue weighted by Gasteiger charge is -1.94. The molecule has 2 aromatic carbocycles. The molecule has 0 spiro atoms. The first-order valence-electron chi connectivity index (χ1n) is 6.55. The van der Waals surface area contributed by atoms with Gasteiger partial charge in [0, 0.05) is 5.56 Å². The Morgan fingerprint density at radius 1 is 0.950 bits per heavy atom. The summed E-state index contributed by atoms with van der Waals surface area (Å²) >= 11 is 0. The van der Waals surface area contributed by atoms with Gasteiger partial charge < -0.3 is 17.3 Å². The predicted molar refractivity (Wildman–Crippen MR) is 75.5 cm³/mol. The minimum absolute atomic E-state index is 1.10. The SMILES string of the molecule is CC[N+](CC)=c1c(C)c1-c1ccccc1.F[B-](F)(F)F. The van der Waals surface area contributed by atoms with Crippen LogP contribution in [-0.4, -0.2) is 20.3 Å². The van der Waals surface area contributed by atoms with Gasteiger partial charge in [0.25, 0.3) is 0 Å². The van der Waals surface area contributed by atoms with Crippen LogP contribution in [0.2, 0.25) is 0 Å². The van der Waals surface area contributed by atoms with Crippen LogP contribution in [-0.2, 0) is 0 Å². The van der Waals surface area contributed by atoms with E-state index >= 15 is 0 Å². The number of halogens is 4. The van der Waals surface area contributed by atoms with Crippen molar-refractivity contribution in [3.63, 3.8) is 0 Å². The molecule has 0 radical (unpaired) electrons. The summed E-state index contributed by atoms with van der Waals surface area (Å²) in [7, 11) is -6.00. The highest BCUT2D eigenvalue weighted by Gasteiger charge is 2.24. The van der Waals surface area contributed by atoms with Gasteiger partial charge in [-0.15, -0.1) is 0 Å². The number of nitrogens with zero attached hydrogens (tertiary/aromatic N) is 1. The molecular weight excluding hydrogens is 269 g/mol. The number of benzene rings is 1. The molecule has 6 heteroatoms. The molecule has 20 heavy (non-hydrogen) atoms. The first kappa shape index (κ1) is 16.5.